The minimum atomic E-state index is -0.462. The molecular weight excluding hydrogens is 380 g/mol. The Morgan fingerprint density at radius 2 is 2.10 bits per heavy atom. The molecule has 0 unspecified atom stereocenters. The van der Waals surface area contributed by atoms with Gasteiger partial charge in [-0.2, -0.15) is 0 Å². The van der Waals surface area contributed by atoms with E-state index in [4.69, 9.17) is 13.6 Å². The maximum absolute atomic E-state index is 11.4. The summed E-state index contributed by atoms with van der Waals surface area (Å²) in [5.41, 5.74) is 3.98. The van der Waals surface area contributed by atoms with Gasteiger partial charge in [0.05, 0.1) is 24.4 Å². The molecule has 1 aliphatic rings. The molecule has 0 saturated carbocycles. The van der Waals surface area contributed by atoms with Crippen molar-refractivity contribution >= 4 is 5.97 Å². The van der Waals surface area contributed by atoms with Crippen LogP contribution in [-0.2, 0) is 22.4 Å². The van der Waals surface area contributed by atoms with E-state index in [-0.39, 0.29) is 17.3 Å². The Morgan fingerprint density at radius 3 is 2.80 bits per heavy atom. The summed E-state index contributed by atoms with van der Waals surface area (Å²) in [6.07, 6.45) is 15.2. The number of aliphatic hydroxyl groups is 1. The predicted octanol–water partition coefficient (Wildman–Crippen LogP) is 6.42. The van der Waals surface area contributed by atoms with Crippen molar-refractivity contribution in [3.8, 4) is 0 Å². The highest BCUT2D eigenvalue weighted by Crippen LogP contribution is 2.26. The lowest BCUT2D eigenvalue weighted by Gasteiger charge is -2.07. The SMILES string of the molecule is CC(=CCCC[C@H](C)C=C1OC(=O)C(C)=C1O)CCc1coc(Cc2ccoc2)c1. The Kier molecular flexibility index (Phi) is 7.39. The van der Waals surface area contributed by atoms with Crippen molar-refractivity contribution in [3.05, 3.63) is 82.6 Å². The zero-order valence-electron chi connectivity index (χ0n) is 17.9. The third-order valence-electron chi connectivity index (χ3n) is 5.36. The molecule has 0 aliphatic carbocycles. The van der Waals surface area contributed by atoms with E-state index in [0.29, 0.717) is 5.76 Å². The molecule has 2 aromatic heterocycles. The lowest BCUT2D eigenvalue weighted by molar-refractivity contribution is -0.133. The van der Waals surface area contributed by atoms with Crippen LogP contribution in [0.3, 0.4) is 0 Å². The van der Waals surface area contributed by atoms with E-state index in [0.717, 1.165) is 49.8 Å². The summed E-state index contributed by atoms with van der Waals surface area (Å²) >= 11 is 0. The van der Waals surface area contributed by atoms with Gasteiger partial charge in [-0.25, -0.2) is 4.79 Å². The van der Waals surface area contributed by atoms with Gasteiger partial charge in [-0.3, -0.25) is 0 Å². The van der Waals surface area contributed by atoms with E-state index in [1.54, 1.807) is 19.5 Å². The van der Waals surface area contributed by atoms with Crippen LogP contribution in [0.1, 0.15) is 63.3 Å². The maximum atomic E-state index is 11.4. The molecule has 2 aromatic rings. The number of carbonyl (C=O) groups is 1. The second-order valence-electron chi connectivity index (χ2n) is 8.08. The lowest BCUT2D eigenvalue weighted by Crippen LogP contribution is -1.97. The molecule has 1 aliphatic heterocycles. The van der Waals surface area contributed by atoms with Crippen molar-refractivity contribution in [3.63, 3.8) is 0 Å². The van der Waals surface area contributed by atoms with Gasteiger partial charge in [0.25, 0.3) is 0 Å². The monoisotopic (exact) mass is 410 g/mol. The number of ether oxygens (including phenoxy) is 1. The average Bonchev–Trinajstić information content (AvgIpc) is 3.44. The van der Waals surface area contributed by atoms with Gasteiger partial charge in [0.15, 0.2) is 11.5 Å². The number of cyclic esters (lactones) is 1. The maximum Gasteiger partial charge on any atom is 0.343 e. The number of aryl methyl sites for hydroxylation is 1. The molecule has 0 spiro atoms. The summed E-state index contributed by atoms with van der Waals surface area (Å²) in [6.45, 7) is 5.81. The molecule has 1 N–H and O–H groups in total. The molecule has 3 rings (SSSR count). The first-order valence-corrected chi connectivity index (χ1v) is 10.5. The average molecular weight is 411 g/mol. The van der Waals surface area contributed by atoms with Crippen LogP contribution < -0.4 is 0 Å². The summed E-state index contributed by atoms with van der Waals surface area (Å²) in [5, 5.41) is 9.88. The zero-order valence-corrected chi connectivity index (χ0v) is 17.9. The summed E-state index contributed by atoms with van der Waals surface area (Å²) in [5.74, 6) is 0.990. The van der Waals surface area contributed by atoms with Gasteiger partial charge >= 0.3 is 5.97 Å². The fourth-order valence-electron chi connectivity index (χ4n) is 3.44. The van der Waals surface area contributed by atoms with Gasteiger partial charge in [-0.05, 0) is 81.2 Å². The minimum Gasteiger partial charge on any atom is -0.504 e. The van der Waals surface area contributed by atoms with Gasteiger partial charge < -0.3 is 18.7 Å². The molecule has 5 nitrogen and oxygen atoms in total. The van der Waals surface area contributed by atoms with Gasteiger partial charge in [0.2, 0.25) is 0 Å². The number of hydrogen-bond acceptors (Lipinski definition) is 5. The molecule has 160 valence electrons. The molecule has 30 heavy (non-hydrogen) atoms. The molecule has 0 bridgehead atoms. The second-order valence-corrected chi connectivity index (χ2v) is 8.08. The topological polar surface area (TPSA) is 72.8 Å². The number of carbonyl (C=O) groups excluding carboxylic acids is 1. The third kappa shape index (κ3) is 6.02. The number of rotatable bonds is 10. The number of unbranched alkanes of at least 4 members (excludes halogenated alkanes) is 1. The molecule has 0 fully saturated rings. The van der Waals surface area contributed by atoms with Crippen molar-refractivity contribution < 1.29 is 23.5 Å². The number of allylic oxidation sites excluding steroid dienone is 3. The van der Waals surface area contributed by atoms with E-state index in [9.17, 15) is 9.90 Å². The van der Waals surface area contributed by atoms with Crippen molar-refractivity contribution in [2.45, 2.75) is 59.3 Å². The van der Waals surface area contributed by atoms with Crippen LogP contribution in [0.2, 0.25) is 0 Å². The summed E-state index contributed by atoms with van der Waals surface area (Å²) in [4.78, 5) is 11.4. The van der Waals surface area contributed by atoms with Crippen molar-refractivity contribution in [1.82, 2.24) is 0 Å². The first-order valence-electron chi connectivity index (χ1n) is 10.5. The molecule has 5 heteroatoms. The third-order valence-corrected chi connectivity index (χ3v) is 5.36. The van der Waals surface area contributed by atoms with Gasteiger partial charge in [0.1, 0.15) is 5.76 Å². The number of hydrogen-bond donors (Lipinski definition) is 1. The molecule has 0 saturated heterocycles. The zero-order chi connectivity index (χ0) is 21.5. The first-order chi connectivity index (χ1) is 14.4. The van der Waals surface area contributed by atoms with Gasteiger partial charge in [0, 0.05) is 6.42 Å². The van der Waals surface area contributed by atoms with E-state index < -0.39 is 5.97 Å². The predicted molar refractivity (Wildman–Crippen MR) is 115 cm³/mol. The highest BCUT2D eigenvalue weighted by Gasteiger charge is 2.26. The lowest BCUT2D eigenvalue weighted by atomic mass is 10.0. The van der Waals surface area contributed by atoms with E-state index >= 15 is 0 Å². The Bertz CT molecular complexity index is 940. The van der Waals surface area contributed by atoms with Crippen LogP contribution in [0.4, 0.5) is 0 Å². The summed E-state index contributed by atoms with van der Waals surface area (Å²) in [7, 11) is 0. The molecule has 0 aromatic carbocycles. The molecule has 0 amide bonds. The Hall–Kier alpha value is -2.95. The van der Waals surface area contributed by atoms with Crippen molar-refractivity contribution in [1.29, 1.82) is 0 Å². The highest BCUT2D eigenvalue weighted by atomic mass is 16.6. The summed E-state index contributed by atoms with van der Waals surface area (Å²) in [6, 6.07) is 4.07. The number of furan rings is 2. The first kappa shape index (κ1) is 21.8. The van der Waals surface area contributed by atoms with Crippen LogP contribution in [0, 0.1) is 5.92 Å². The fourth-order valence-corrected chi connectivity index (χ4v) is 3.44. The largest absolute Gasteiger partial charge is 0.504 e. The van der Waals surface area contributed by atoms with Crippen LogP contribution in [0.15, 0.2) is 74.6 Å². The Morgan fingerprint density at radius 1 is 1.27 bits per heavy atom. The van der Waals surface area contributed by atoms with Crippen LogP contribution in [0.5, 0.6) is 0 Å². The smallest absolute Gasteiger partial charge is 0.343 e. The quantitative estimate of drug-likeness (QED) is 0.278. The Balaban J connectivity index is 1.36. The molecular formula is C25H30O5. The normalized spacial score (nSPS) is 17.1. The molecule has 1 atom stereocenters. The van der Waals surface area contributed by atoms with Crippen LogP contribution >= 0.6 is 0 Å². The van der Waals surface area contributed by atoms with Gasteiger partial charge in [-0.15, -0.1) is 0 Å². The van der Waals surface area contributed by atoms with Crippen LogP contribution in [0.25, 0.3) is 0 Å². The van der Waals surface area contributed by atoms with E-state index in [1.165, 1.54) is 11.1 Å². The molecule has 0 radical (unpaired) electrons. The standard InChI is InChI=1S/C25H30O5/c1-17(8-9-20-13-22(29-16-20)14-21-10-11-28-15-21)6-4-5-7-18(2)12-23-24(26)19(3)25(27)30-23/h6,10-13,15-16,18,26H,4-5,7-9,14H2,1-3H3/t18-/m0/s1. The number of esters is 1. The van der Waals surface area contributed by atoms with Crippen molar-refractivity contribution in [2.75, 3.05) is 0 Å². The number of aliphatic hydroxyl groups excluding tert-OH is 1. The van der Waals surface area contributed by atoms with E-state index in [2.05, 4.69) is 26.0 Å². The fraction of sp³-hybridized carbons (Fsp3) is 0.400. The van der Waals surface area contributed by atoms with Gasteiger partial charge in [-0.1, -0.05) is 18.6 Å². The van der Waals surface area contributed by atoms with E-state index in [1.807, 2.05) is 18.4 Å². The second kappa shape index (κ2) is 10.2. The Labute approximate surface area is 177 Å². The minimum absolute atomic E-state index is 0.0326. The summed E-state index contributed by atoms with van der Waals surface area (Å²) < 4.78 is 15.8. The highest BCUT2D eigenvalue weighted by molar-refractivity contribution is 5.93. The van der Waals surface area contributed by atoms with Crippen LogP contribution in [-0.4, -0.2) is 11.1 Å². The molecule has 3 heterocycles. The van der Waals surface area contributed by atoms with Crippen molar-refractivity contribution in [2.24, 2.45) is 5.92 Å².